The zero-order valence-corrected chi connectivity index (χ0v) is 20.9. The number of fused-ring (bicyclic) bond motifs is 3. The third kappa shape index (κ3) is 4.13. The van der Waals surface area contributed by atoms with Crippen molar-refractivity contribution in [2.45, 2.75) is 0 Å². The Morgan fingerprint density at radius 1 is 0.730 bits per heavy atom. The van der Waals surface area contributed by atoms with Crippen LogP contribution in [0.3, 0.4) is 0 Å². The third-order valence-electron chi connectivity index (χ3n) is 6.56. The van der Waals surface area contributed by atoms with Gasteiger partial charge in [-0.2, -0.15) is 0 Å². The molecule has 0 radical (unpaired) electrons. The van der Waals surface area contributed by atoms with E-state index in [2.05, 4.69) is 10.6 Å². The lowest BCUT2D eigenvalue weighted by atomic mass is 10.00. The second-order valence-corrected chi connectivity index (χ2v) is 10.9. The second kappa shape index (κ2) is 8.56. The number of benzene rings is 4. The smallest absolute Gasteiger partial charge is 0.257 e. The van der Waals surface area contributed by atoms with Crippen molar-refractivity contribution in [2.75, 3.05) is 35.0 Å². The summed E-state index contributed by atoms with van der Waals surface area (Å²) in [6, 6.07) is 24.3. The minimum atomic E-state index is -3.45. The van der Waals surface area contributed by atoms with Gasteiger partial charge in [-0.1, -0.05) is 36.4 Å². The number of carbonyl (C=O) groups excluding carboxylic acids is 1. The number of nitrogens with one attached hydrogen (secondary N) is 2. The van der Waals surface area contributed by atoms with Crippen molar-refractivity contribution in [3.63, 3.8) is 0 Å². The van der Waals surface area contributed by atoms with Crippen molar-refractivity contribution in [1.82, 2.24) is 0 Å². The molecule has 0 saturated heterocycles. The Kier molecular flexibility index (Phi) is 5.31. The van der Waals surface area contributed by atoms with Gasteiger partial charge < -0.3 is 20.1 Å². The number of sulfonamides is 1. The van der Waals surface area contributed by atoms with Crippen molar-refractivity contribution < 1.29 is 22.7 Å². The Bertz CT molecular complexity index is 1680. The van der Waals surface area contributed by atoms with Gasteiger partial charge in [0.2, 0.25) is 16.8 Å². The van der Waals surface area contributed by atoms with Crippen LogP contribution in [-0.4, -0.2) is 34.4 Å². The maximum Gasteiger partial charge on any atom is 0.257 e. The predicted octanol–water partition coefficient (Wildman–Crippen LogP) is 5.45. The van der Waals surface area contributed by atoms with Crippen LogP contribution in [0.15, 0.2) is 78.9 Å². The van der Waals surface area contributed by atoms with Gasteiger partial charge >= 0.3 is 0 Å². The molecule has 4 aromatic rings. The van der Waals surface area contributed by atoms with E-state index in [1.807, 2.05) is 60.7 Å². The van der Waals surface area contributed by atoms with Crippen LogP contribution >= 0.6 is 0 Å². The van der Waals surface area contributed by atoms with Crippen LogP contribution in [0, 0.1) is 0 Å². The van der Waals surface area contributed by atoms with Crippen LogP contribution in [0.4, 0.5) is 22.7 Å². The van der Waals surface area contributed by atoms with Gasteiger partial charge in [-0.15, -0.1) is 0 Å². The lowest BCUT2D eigenvalue weighted by Crippen LogP contribution is -2.25. The highest BCUT2D eigenvalue weighted by atomic mass is 32.2. The summed E-state index contributed by atoms with van der Waals surface area (Å²) < 4.78 is 36.6. The van der Waals surface area contributed by atoms with Crippen molar-refractivity contribution in [1.29, 1.82) is 0 Å². The number of hydrogen-bond acceptors (Lipinski definition) is 6. The zero-order valence-electron chi connectivity index (χ0n) is 20.1. The summed E-state index contributed by atoms with van der Waals surface area (Å²) in [5, 5.41) is 6.39. The Hall–Kier alpha value is -4.50. The summed E-state index contributed by atoms with van der Waals surface area (Å²) in [5.74, 6) is 1.16. The van der Waals surface area contributed by atoms with Crippen LogP contribution in [0.25, 0.3) is 22.3 Å². The quantitative estimate of drug-likeness (QED) is 0.377. The third-order valence-corrected chi connectivity index (χ3v) is 7.75. The van der Waals surface area contributed by atoms with Crippen molar-refractivity contribution in [3.05, 3.63) is 84.4 Å². The number of anilines is 4. The number of nitrogens with zero attached hydrogens (tertiary/aromatic N) is 1. The molecule has 2 N–H and O–H groups in total. The van der Waals surface area contributed by atoms with Crippen LogP contribution in [0.2, 0.25) is 0 Å². The largest absolute Gasteiger partial charge is 0.454 e. The molecule has 0 unspecified atom stereocenters. The van der Waals surface area contributed by atoms with E-state index in [1.54, 1.807) is 18.2 Å². The van der Waals surface area contributed by atoms with Crippen LogP contribution in [0.5, 0.6) is 11.5 Å². The van der Waals surface area contributed by atoms with E-state index in [-0.39, 0.29) is 12.7 Å². The molecule has 2 aliphatic rings. The first kappa shape index (κ1) is 22.9. The Balaban J connectivity index is 1.38. The van der Waals surface area contributed by atoms with Gasteiger partial charge in [0.05, 0.1) is 34.6 Å². The molecule has 2 aliphatic heterocycles. The molecule has 0 spiro atoms. The molecule has 0 aliphatic carbocycles. The van der Waals surface area contributed by atoms with Gasteiger partial charge in [0.15, 0.2) is 11.5 Å². The van der Waals surface area contributed by atoms with Crippen LogP contribution < -0.4 is 24.4 Å². The van der Waals surface area contributed by atoms with Crippen molar-refractivity contribution >= 4 is 38.7 Å². The number of ether oxygens (including phenoxy) is 2. The Labute approximate surface area is 214 Å². The van der Waals surface area contributed by atoms with Crippen LogP contribution in [-0.2, 0) is 10.0 Å². The first-order chi connectivity index (χ1) is 17.8. The van der Waals surface area contributed by atoms with Gasteiger partial charge in [-0.05, 0) is 59.2 Å². The fourth-order valence-electron chi connectivity index (χ4n) is 4.53. The molecule has 9 heteroatoms. The standard InChI is InChI=1S/C28H23N3O5S/c1-31(37(2,33)34)25-6-4-3-5-20(25)19-7-10-21-23(14-19)29-22-11-8-17(13-24(22)30-28(21)32)18-9-12-26-27(15-18)36-16-35-26/h3-15,29H,16H2,1-2H3,(H,30,32). The summed E-state index contributed by atoms with van der Waals surface area (Å²) in [6.07, 6.45) is 1.17. The number of para-hydroxylation sites is 1. The normalized spacial score (nSPS) is 13.6. The van der Waals surface area contributed by atoms with Crippen molar-refractivity contribution in [2.24, 2.45) is 0 Å². The van der Waals surface area contributed by atoms with E-state index in [0.29, 0.717) is 34.1 Å². The summed E-state index contributed by atoms with van der Waals surface area (Å²) in [7, 11) is -1.92. The van der Waals surface area contributed by atoms with Crippen molar-refractivity contribution in [3.8, 4) is 33.8 Å². The van der Waals surface area contributed by atoms with E-state index in [9.17, 15) is 13.2 Å². The lowest BCUT2D eigenvalue weighted by Gasteiger charge is -2.21. The fourth-order valence-corrected chi connectivity index (χ4v) is 5.05. The minimum absolute atomic E-state index is 0.207. The Morgan fingerprint density at radius 2 is 1.43 bits per heavy atom. The molecule has 2 heterocycles. The summed E-state index contributed by atoms with van der Waals surface area (Å²) in [4.78, 5) is 13.1. The zero-order chi connectivity index (χ0) is 25.7. The average molecular weight is 514 g/mol. The molecule has 0 atom stereocenters. The van der Waals surface area contributed by atoms with Gasteiger partial charge in [-0.3, -0.25) is 9.10 Å². The van der Waals surface area contributed by atoms with Gasteiger partial charge in [0, 0.05) is 12.6 Å². The molecular formula is C28H23N3O5S. The van der Waals surface area contributed by atoms with E-state index in [0.717, 1.165) is 27.9 Å². The molecule has 0 saturated carbocycles. The highest BCUT2D eigenvalue weighted by Crippen LogP contribution is 2.40. The van der Waals surface area contributed by atoms with E-state index < -0.39 is 10.0 Å². The summed E-state index contributed by atoms with van der Waals surface area (Å²) in [5.41, 5.74) is 6.44. The average Bonchev–Trinajstić information content (AvgIpc) is 3.31. The monoisotopic (exact) mass is 513 g/mol. The van der Waals surface area contributed by atoms with E-state index >= 15 is 0 Å². The SMILES string of the molecule is CN(c1ccccc1-c1ccc2c(c1)Nc1ccc(-c3ccc4c(c3)OCO4)cc1NC2=O)S(C)(=O)=O. The number of amides is 1. The number of carbonyl (C=O) groups is 1. The minimum Gasteiger partial charge on any atom is -0.454 e. The predicted molar refractivity (Wildman–Crippen MR) is 144 cm³/mol. The molecule has 37 heavy (non-hydrogen) atoms. The van der Waals surface area contributed by atoms with Gasteiger partial charge in [0.25, 0.3) is 5.91 Å². The van der Waals surface area contributed by atoms with E-state index in [1.165, 1.54) is 17.6 Å². The molecule has 1 amide bonds. The highest BCUT2D eigenvalue weighted by molar-refractivity contribution is 7.92. The molecule has 0 aromatic heterocycles. The van der Waals surface area contributed by atoms with Gasteiger partial charge in [-0.25, -0.2) is 8.42 Å². The molecule has 8 nitrogen and oxygen atoms in total. The second-order valence-electron chi connectivity index (χ2n) is 8.92. The topological polar surface area (TPSA) is 97.0 Å². The maximum absolute atomic E-state index is 13.1. The first-order valence-corrected chi connectivity index (χ1v) is 13.4. The molecule has 4 aromatic carbocycles. The fraction of sp³-hybridized carbons (Fsp3) is 0.107. The molecule has 186 valence electrons. The number of rotatable bonds is 4. The Morgan fingerprint density at radius 3 is 2.27 bits per heavy atom. The van der Waals surface area contributed by atoms with E-state index in [4.69, 9.17) is 9.47 Å². The lowest BCUT2D eigenvalue weighted by molar-refractivity contribution is 0.102. The molecule has 0 bridgehead atoms. The molecule has 0 fully saturated rings. The summed E-state index contributed by atoms with van der Waals surface area (Å²) in [6.45, 7) is 0.207. The maximum atomic E-state index is 13.1. The van der Waals surface area contributed by atoms with Gasteiger partial charge in [0.1, 0.15) is 0 Å². The first-order valence-electron chi connectivity index (χ1n) is 11.6. The van der Waals surface area contributed by atoms with Crippen LogP contribution in [0.1, 0.15) is 10.4 Å². The highest BCUT2D eigenvalue weighted by Gasteiger charge is 2.22. The number of hydrogen-bond donors (Lipinski definition) is 2. The molecule has 6 rings (SSSR count). The summed E-state index contributed by atoms with van der Waals surface area (Å²) >= 11 is 0. The molecular weight excluding hydrogens is 490 g/mol.